The van der Waals surface area contributed by atoms with E-state index in [1.165, 1.54) is 6.92 Å². The SMILES string of the molecule is CC(=O)Nc1c(C)cc(C2=C(/C=C/[C@H]3C[C@H](O)CC(=O)O3)C(C)(C)CC(O)C2)cc1Cl. The molecule has 6 nitrogen and oxygen atoms in total. The predicted molar refractivity (Wildman–Crippen MR) is 121 cm³/mol. The van der Waals surface area contributed by atoms with Crippen LogP contribution < -0.4 is 5.32 Å². The number of carbonyl (C=O) groups is 2. The maximum absolute atomic E-state index is 11.7. The number of allylic oxidation sites excluding steroid dienone is 2. The fourth-order valence-corrected chi connectivity index (χ4v) is 4.82. The lowest BCUT2D eigenvalue weighted by Crippen LogP contribution is -2.32. The first-order chi connectivity index (χ1) is 14.5. The van der Waals surface area contributed by atoms with Crippen LogP contribution in [0.15, 0.2) is 29.9 Å². The van der Waals surface area contributed by atoms with Crippen molar-refractivity contribution in [1.29, 1.82) is 0 Å². The average Bonchev–Trinajstić information content (AvgIpc) is 2.61. The molecule has 3 rings (SSSR count). The maximum atomic E-state index is 11.7. The van der Waals surface area contributed by atoms with E-state index in [0.29, 0.717) is 30.0 Å². The van der Waals surface area contributed by atoms with Crippen molar-refractivity contribution in [2.75, 3.05) is 5.32 Å². The van der Waals surface area contributed by atoms with E-state index in [2.05, 4.69) is 19.2 Å². The molecule has 31 heavy (non-hydrogen) atoms. The number of hydrogen-bond acceptors (Lipinski definition) is 5. The van der Waals surface area contributed by atoms with Gasteiger partial charge in [0.25, 0.3) is 0 Å². The second-order valence-corrected chi connectivity index (χ2v) is 9.56. The number of benzene rings is 1. The molecule has 1 saturated heterocycles. The third kappa shape index (κ3) is 5.56. The smallest absolute Gasteiger partial charge is 0.309 e. The van der Waals surface area contributed by atoms with Crippen LogP contribution >= 0.6 is 11.6 Å². The fourth-order valence-electron chi connectivity index (χ4n) is 4.51. The number of carbonyl (C=O) groups excluding carboxylic acids is 2. The van der Waals surface area contributed by atoms with Crippen molar-refractivity contribution >= 4 is 34.7 Å². The first-order valence-corrected chi connectivity index (χ1v) is 10.9. The number of amides is 1. The quantitative estimate of drug-likeness (QED) is 0.602. The van der Waals surface area contributed by atoms with Gasteiger partial charge in [0, 0.05) is 13.3 Å². The van der Waals surface area contributed by atoms with E-state index in [0.717, 1.165) is 22.3 Å². The largest absolute Gasteiger partial charge is 0.458 e. The third-order valence-corrected chi connectivity index (χ3v) is 6.14. The lowest BCUT2D eigenvalue weighted by Gasteiger charge is -2.37. The highest BCUT2D eigenvalue weighted by Crippen LogP contribution is 2.46. The van der Waals surface area contributed by atoms with Gasteiger partial charge < -0.3 is 20.3 Å². The number of aliphatic hydroxyl groups excluding tert-OH is 2. The normalized spacial score (nSPS) is 26.2. The zero-order chi connectivity index (χ0) is 22.9. The molecule has 1 unspecified atom stereocenters. The third-order valence-electron chi connectivity index (χ3n) is 5.84. The van der Waals surface area contributed by atoms with Gasteiger partial charge in [-0.2, -0.15) is 0 Å². The van der Waals surface area contributed by atoms with Crippen LogP contribution in [-0.4, -0.2) is 40.4 Å². The minimum atomic E-state index is -0.701. The molecule has 7 heteroatoms. The van der Waals surface area contributed by atoms with E-state index in [1.54, 1.807) is 0 Å². The van der Waals surface area contributed by atoms with Gasteiger partial charge in [0.1, 0.15) is 6.10 Å². The van der Waals surface area contributed by atoms with Gasteiger partial charge in [-0.15, -0.1) is 0 Å². The van der Waals surface area contributed by atoms with E-state index in [9.17, 15) is 19.8 Å². The molecular weight excluding hydrogens is 418 g/mol. The summed E-state index contributed by atoms with van der Waals surface area (Å²) >= 11 is 6.48. The van der Waals surface area contributed by atoms with E-state index in [1.807, 2.05) is 31.2 Å². The molecular formula is C24H30ClNO5. The molecule has 1 aromatic rings. The summed E-state index contributed by atoms with van der Waals surface area (Å²) in [6.45, 7) is 7.45. The van der Waals surface area contributed by atoms with E-state index in [-0.39, 0.29) is 17.7 Å². The number of hydrogen-bond donors (Lipinski definition) is 3. The number of rotatable bonds is 4. The van der Waals surface area contributed by atoms with Gasteiger partial charge in [0.2, 0.25) is 5.91 Å². The number of halogens is 1. The summed E-state index contributed by atoms with van der Waals surface area (Å²) in [5.74, 6) is -0.601. The molecule has 1 heterocycles. The van der Waals surface area contributed by atoms with Crippen LogP contribution in [0.2, 0.25) is 5.02 Å². The van der Waals surface area contributed by atoms with Gasteiger partial charge in [-0.25, -0.2) is 0 Å². The topological polar surface area (TPSA) is 95.9 Å². The average molecular weight is 448 g/mol. The highest BCUT2D eigenvalue weighted by atomic mass is 35.5. The van der Waals surface area contributed by atoms with Gasteiger partial charge in [-0.05, 0) is 65.7 Å². The summed E-state index contributed by atoms with van der Waals surface area (Å²) in [6.07, 6.45) is 3.53. The van der Waals surface area contributed by atoms with Crippen LogP contribution in [0.1, 0.15) is 57.6 Å². The number of ether oxygens (including phenoxy) is 1. The Morgan fingerprint density at radius 3 is 2.58 bits per heavy atom. The van der Waals surface area contributed by atoms with Gasteiger partial charge in [0.15, 0.2) is 0 Å². The van der Waals surface area contributed by atoms with Gasteiger partial charge >= 0.3 is 5.97 Å². The van der Waals surface area contributed by atoms with Gasteiger partial charge in [-0.3, -0.25) is 9.59 Å². The van der Waals surface area contributed by atoms with Crippen molar-refractivity contribution in [1.82, 2.24) is 0 Å². The Hall–Kier alpha value is -2.15. The van der Waals surface area contributed by atoms with Crippen LogP contribution in [0.5, 0.6) is 0 Å². The van der Waals surface area contributed by atoms with E-state index >= 15 is 0 Å². The number of anilines is 1. The number of esters is 1. The van der Waals surface area contributed by atoms with Crippen LogP contribution in [-0.2, 0) is 14.3 Å². The lowest BCUT2D eigenvalue weighted by atomic mass is 9.69. The number of aryl methyl sites for hydroxylation is 1. The summed E-state index contributed by atoms with van der Waals surface area (Å²) in [5.41, 5.74) is 3.95. The minimum Gasteiger partial charge on any atom is -0.458 e. The zero-order valence-electron chi connectivity index (χ0n) is 18.4. The van der Waals surface area contributed by atoms with Crippen LogP contribution in [0, 0.1) is 12.3 Å². The molecule has 1 amide bonds. The lowest BCUT2D eigenvalue weighted by molar-refractivity contribution is -0.156. The summed E-state index contributed by atoms with van der Waals surface area (Å²) in [4.78, 5) is 23.2. The van der Waals surface area contributed by atoms with Crippen molar-refractivity contribution in [3.8, 4) is 0 Å². The van der Waals surface area contributed by atoms with Gasteiger partial charge in [0.05, 0.1) is 29.3 Å². The monoisotopic (exact) mass is 447 g/mol. The summed E-state index contributed by atoms with van der Waals surface area (Å²) in [7, 11) is 0. The van der Waals surface area contributed by atoms with Crippen LogP contribution in [0.25, 0.3) is 5.57 Å². The summed E-state index contributed by atoms with van der Waals surface area (Å²) < 4.78 is 5.35. The fraction of sp³-hybridized carbons (Fsp3) is 0.500. The second kappa shape index (κ2) is 9.15. The summed E-state index contributed by atoms with van der Waals surface area (Å²) in [6, 6.07) is 3.76. The molecule has 0 spiro atoms. The Morgan fingerprint density at radius 2 is 1.97 bits per heavy atom. The van der Waals surface area contributed by atoms with Crippen molar-refractivity contribution in [2.24, 2.45) is 5.41 Å². The number of aliphatic hydroxyl groups is 2. The molecule has 1 aliphatic heterocycles. The molecule has 0 bridgehead atoms. The Bertz CT molecular complexity index is 926. The molecule has 0 saturated carbocycles. The molecule has 3 atom stereocenters. The van der Waals surface area contributed by atoms with Crippen LogP contribution in [0.4, 0.5) is 5.69 Å². The molecule has 1 fully saturated rings. The molecule has 1 aliphatic carbocycles. The Morgan fingerprint density at radius 1 is 1.26 bits per heavy atom. The van der Waals surface area contributed by atoms with Crippen molar-refractivity contribution < 1.29 is 24.5 Å². The van der Waals surface area contributed by atoms with Crippen molar-refractivity contribution in [2.45, 2.75) is 71.7 Å². The van der Waals surface area contributed by atoms with E-state index in [4.69, 9.17) is 16.3 Å². The molecule has 3 N–H and O–H groups in total. The second-order valence-electron chi connectivity index (χ2n) is 9.15. The molecule has 168 valence electrons. The highest BCUT2D eigenvalue weighted by molar-refractivity contribution is 6.34. The van der Waals surface area contributed by atoms with Crippen LogP contribution in [0.3, 0.4) is 0 Å². The first kappa shape index (κ1) is 23.5. The highest BCUT2D eigenvalue weighted by Gasteiger charge is 2.34. The zero-order valence-corrected chi connectivity index (χ0v) is 19.1. The van der Waals surface area contributed by atoms with Crippen molar-refractivity contribution in [3.05, 3.63) is 46.0 Å². The minimum absolute atomic E-state index is 0.0222. The Balaban J connectivity index is 2.04. The molecule has 1 aromatic carbocycles. The first-order valence-electron chi connectivity index (χ1n) is 10.5. The Kier molecular flexibility index (Phi) is 6.94. The van der Waals surface area contributed by atoms with Gasteiger partial charge in [-0.1, -0.05) is 31.5 Å². The maximum Gasteiger partial charge on any atom is 0.309 e. The molecule has 0 aromatic heterocycles. The molecule has 2 aliphatic rings. The predicted octanol–water partition coefficient (Wildman–Crippen LogP) is 4.16. The van der Waals surface area contributed by atoms with E-state index < -0.39 is 24.3 Å². The standard InChI is InChI=1S/C24H30ClNO5/c1-13-7-15(8-21(25)23(13)26-14(2)27)19-10-17(29)12-24(3,4)20(19)6-5-18-9-16(28)11-22(30)31-18/h5-8,16-18,28-29H,9-12H2,1-4H3,(H,26,27)/b6-5+/t16-,17?,18-/m0/s1. The Labute approximate surface area is 187 Å². The van der Waals surface area contributed by atoms with Crippen molar-refractivity contribution in [3.63, 3.8) is 0 Å². The number of cyclic esters (lactones) is 1. The molecule has 0 radical (unpaired) electrons. The number of nitrogens with one attached hydrogen (secondary N) is 1. The summed E-state index contributed by atoms with van der Waals surface area (Å²) in [5, 5.41) is 23.6.